The Morgan fingerprint density at radius 2 is 2.29 bits per heavy atom. The van der Waals surface area contributed by atoms with Crippen LogP contribution in [0.1, 0.15) is 50.7 Å². The molecular weight excluding hydrogens is 286 g/mol. The third kappa shape index (κ3) is 4.35. The minimum atomic E-state index is 0.0745. The number of nitrogens with zero attached hydrogens (tertiary/aromatic N) is 1. The van der Waals surface area contributed by atoms with Gasteiger partial charge in [-0.3, -0.25) is 0 Å². The van der Waals surface area contributed by atoms with Gasteiger partial charge in [0.1, 0.15) is 0 Å². The molecule has 1 saturated carbocycles. The zero-order chi connectivity index (χ0) is 15.5. The standard InChI is InChI=1S/C16H24ClN3O/c1-16(2)7-3-4-13(9-16)19-10-12-6-5-11(8-14(12)17)15(18)20-21/h5-6,8,13,19,21H,3-4,7,9-10H2,1-2H3,(H2,18,20). The second kappa shape index (κ2) is 6.67. The average Bonchev–Trinajstić information content (AvgIpc) is 2.44. The molecule has 1 unspecified atom stereocenters. The molecule has 0 spiro atoms. The third-order valence-electron chi connectivity index (χ3n) is 4.24. The Kier molecular flexibility index (Phi) is 5.12. The summed E-state index contributed by atoms with van der Waals surface area (Å²) in [5, 5.41) is 15.9. The molecular formula is C16H24ClN3O. The lowest BCUT2D eigenvalue weighted by Gasteiger charge is -2.35. The van der Waals surface area contributed by atoms with Gasteiger partial charge in [0.2, 0.25) is 0 Å². The van der Waals surface area contributed by atoms with Crippen molar-refractivity contribution < 1.29 is 5.21 Å². The number of benzene rings is 1. The van der Waals surface area contributed by atoms with Crippen molar-refractivity contribution >= 4 is 17.4 Å². The first-order valence-electron chi connectivity index (χ1n) is 7.41. The van der Waals surface area contributed by atoms with Crippen molar-refractivity contribution in [1.82, 2.24) is 5.32 Å². The molecule has 0 heterocycles. The largest absolute Gasteiger partial charge is 0.409 e. The first-order valence-corrected chi connectivity index (χ1v) is 7.79. The number of nitrogens with one attached hydrogen (secondary N) is 1. The van der Waals surface area contributed by atoms with E-state index in [0.29, 0.717) is 22.0 Å². The van der Waals surface area contributed by atoms with E-state index in [2.05, 4.69) is 24.3 Å². The van der Waals surface area contributed by atoms with Crippen LogP contribution < -0.4 is 11.1 Å². The van der Waals surface area contributed by atoms with E-state index in [1.807, 2.05) is 12.1 Å². The highest BCUT2D eigenvalue weighted by Crippen LogP contribution is 2.35. The number of amidine groups is 1. The predicted molar refractivity (Wildman–Crippen MR) is 86.8 cm³/mol. The van der Waals surface area contributed by atoms with Gasteiger partial charge in [-0.25, -0.2) is 0 Å². The average molecular weight is 310 g/mol. The minimum absolute atomic E-state index is 0.0745. The normalized spacial score (nSPS) is 22.2. The maximum Gasteiger partial charge on any atom is 0.170 e. The molecule has 2 rings (SSSR count). The Morgan fingerprint density at radius 1 is 1.52 bits per heavy atom. The van der Waals surface area contributed by atoms with Crippen LogP contribution in [0.3, 0.4) is 0 Å². The van der Waals surface area contributed by atoms with E-state index in [0.717, 1.165) is 12.1 Å². The fraction of sp³-hybridized carbons (Fsp3) is 0.562. The van der Waals surface area contributed by atoms with Crippen molar-refractivity contribution in [1.29, 1.82) is 0 Å². The molecule has 1 aliphatic carbocycles. The number of nitrogens with two attached hydrogens (primary N) is 1. The van der Waals surface area contributed by atoms with E-state index < -0.39 is 0 Å². The SMILES string of the molecule is CC1(C)CCCC(NCc2ccc(/C(N)=N/O)cc2Cl)C1. The highest BCUT2D eigenvalue weighted by atomic mass is 35.5. The highest BCUT2D eigenvalue weighted by molar-refractivity contribution is 6.31. The molecule has 0 bridgehead atoms. The highest BCUT2D eigenvalue weighted by Gasteiger charge is 2.27. The number of hydrogen-bond donors (Lipinski definition) is 3. The van der Waals surface area contributed by atoms with E-state index in [9.17, 15) is 0 Å². The summed E-state index contributed by atoms with van der Waals surface area (Å²) in [4.78, 5) is 0. The van der Waals surface area contributed by atoms with Gasteiger partial charge in [0.25, 0.3) is 0 Å². The lowest BCUT2D eigenvalue weighted by molar-refractivity contribution is 0.198. The van der Waals surface area contributed by atoms with Crippen LogP contribution in [0.4, 0.5) is 0 Å². The van der Waals surface area contributed by atoms with Crippen LogP contribution in [0, 0.1) is 5.41 Å². The fourth-order valence-corrected chi connectivity index (χ4v) is 3.28. The van der Waals surface area contributed by atoms with E-state index in [1.165, 1.54) is 25.7 Å². The van der Waals surface area contributed by atoms with E-state index in [4.69, 9.17) is 22.5 Å². The van der Waals surface area contributed by atoms with Gasteiger partial charge in [-0.1, -0.05) is 49.2 Å². The number of oxime groups is 1. The molecule has 0 radical (unpaired) electrons. The van der Waals surface area contributed by atoms with E-state index >= 15 is 0 Å². The monoisotopic (exact) mass is 309 g/mol. The van der Waals surface area contributed by atoms with Crippen molar-refractivity contribution in [3.63, 3.8) is 0 Å². The zero-order valence-electron chi connectivity index (χ0n) is 12.7. The van der Waals surface area contributed by atoms with Crippen LogP contribution in [0.25, 0.3) is 0 Å². The lowest BCUT2D eigenvalue weighted by atomic mass is 9.75. The molecule has 0 aliphatic heterocycles. The lowest BCUT2D eigenvalue weighted by Crippen LogP contribution is -2.36. The van der Waals surface area contributed by atoms with Gasteiger partial charge in [0, 0.05) is 23.2 Å². The molecule has 1 atom stereocenters. The van der Waals surface area contributed by atoms with Gasteiger partial charge < -0.3 is 16.3 Å². The van der Waals surface area contributed by atoms with Crippen molar-refractivity contribution in [2.24, 2.45) is 16.3 Å². The van der Waals surface area contributed by atoms with Crippen LogP contribution >= 0.6 is 11.6 Å². The summed E-state index contributed by atoms with van der Waals surface area (Å²) in [6, 6.07) is 6.03. The molecule has 116 valence electrons. The number of halogens is 1. The Balaban J connectivity index is 1.97. The van der Waals surface area contributed by atoms with Crippen LogP contribution in [-0.4, -0.2) is 17.1 Å². The third-order valence-corrected chi connectivity index (χ3v) is 4.59. The molecule has 0 aromatic heterocycles. The summed E-state index contributed by atoms with van der Waals surface area (Å²) in [6.07, 6.45) is 5.01. The summed E-state index contributed by atoms with van der Waals surface area (Å²) >= 11 is 6.27. The molecule has 1 aromatic rings. The predicted octanol–water partition coefficient (Wildman–Crippen LogP) is 3.49. The Labute approximate surface area is 131 Å². The van der Waals surface area contributed by atoms with Gasteiger partial charge in [-0.05, 0) is 36.3 Å². The van der Waals surface area contributed by atoms with Crippen molar-refractivity contribution in [3.05, 3.63) is 34.3 Å². The Bertz CT molecular complexity index is 528. The first-order chi connectivity index (χ1) is 9.91. The molecule has 1 aromatic carbocycles. The minimum Gasteiger partial charge on any atom is -0.409 e. The molecule has 1 fully saturated rings. The summed E-state index contributed by atoms with van der Waals surface area (Å²) in [7, 11) is 0. The topological polar surface area (TPSA) is 70.6 Å². The first kappa shape index (κ1) is 16.1. The summed E-state index contributed by atoms with van der Waals surface area (Å²) in [5.41, 5.74) is 7.65. The van der Waals surface area contributed by atoms with Gasteiger partial charge in [-0.2, -0.15) is 0 Å². The van der Waals surface area contributed by atoms with E-state index in [1.54, 1.807) is 6.07 Å². The summed E-state index contributed by atoms with van der Waals surface area (Å²) in [5.74, 6) is 0.0745. The maximum absolute atomic E-state index is 8.68. The van der Waals surface area contributed by atoms with Gasteiger partial charge in [0.05, 0.1) is 0 Å². The maximum atomic E-state index is 8.68. The smallest absolute Gasteiger partial charge is 0.170 e. The molecule has 4 N–H and O–H groups in total. The summed E-state index contributed by atoms with van der Waals surface area (Å²) < 4.78 is 0. The second-order valence-electron chi connectivity index (χ2n) is 6.63. The fourth-order valence-electron chi connectivity index (χ4n) is 3.03. The Morgan fingerprint density at radius 3 is 2.90 bits per heavy atom. The van der Waals surface area contributed by atoms with Crippen LogP contribution in [0.2, 0.25) is 5.02 Å². The number of hydrogen-bond acceptors (Lipinski definition) is 3. The molecule has 1 aliphatic rings. The van der Waals surface area contributed by atoms with Crippen molar-refractivity contribution in [2.75, 3.05) is 0 Å². The second-order valence-corrected chi connectivity index (χ2v) is 7.04. The van der Waals surface area contributed by atoms with Crippen LogP contribution in [-0.2, 0) is 6.54 Å². The van der Waals surface area contributed by atoms with Gasteiger partial charge in [0.15, 0.2) is 5.84 Å². The van der Waals surface area contributed by atoms with Crippen molar-refractivity contribution in [2.45, 2.75) is 52.1 Å². The quantitative estimate of drug-likeness (QED) is 0.345. The van der Waals surface area contributed by atoms with E-state index in [-0.39, 0.29) is 5.84 Å². The molecule has 5 heteroatoms. The Hall–Kier alpha value is -1.26. The molecule has 0 amide bonds. The van der Waals surface area contributed by atoms with Crippen LogP contribution in [0.15, 0.2) is 23.4 Å². The molecule has 4 nitrogen and oxygen atoms in total. The van der Waals surface area contributed by atoms with Gasteiger partial charge in [-0.15, -0.1) is 0 Å². The van der Waals surface area contributed by atoms with Gasteiger partial charge >= 0.3 is 0 Å². The zero-order valence-corrected chi connectivity index (χ0v) is 13.5. The molecule has 21 heavy (non-hydrogen) atoms. The van der Waals surface area contributed by atoms with Crippen molar-refractivity contribution in [3.8, 4) is 0 Å². The summed E-state index contributed by atoms with van der Waals surface area (Å²) in [6.45, 7) is 5.41. The molecule has 0 saturated heterocycles. The van der Waals surface area contributed by atoms with Crippen LogP contribution in [0.5, 0.6) is 0 Å². The number of rotatable bonds is 4.